The normalized spacial score (nSPS) is 12.6. The van der Waals surface area contributed by atoms with E-state index < -0.39 is 0 Å². The van der Waals surface area contributed by atoms with Crippen LogP contribution < -0.4 is 0 Å². The number of unbranched alkanes of at least 4 members (excludes halogenated alkanes) is 2. The number of allylic oxidation sites excluding steroid dienone is 8. The zero-order valence-corrected chi connectivity index (χ0v) is 27.2. The molecule has 2 aliphatic carbocycles. The molecule has 0 N–H and O–H groups in total. The van der Waals surface area contributed by atoms with Crippen molar-refractivity contribution in [3.63, 3.8) is 0 Å². The molecule has 0 bridgehead atoms. The summed E-state index contributed by atoms with van der Waals surface area (Å²) >= 11 is 2.03. The van der Waals surface area contributed by atoms with Crippen molar-refractivity contribution in [3.8, 4) is 0 Å². The molecule has 36 heavy (non-hydrogen) atoms. The summed E-state index contributed by atoms with van der Waals surface area (Å²) in [5, 5.41) is 0. The average Bonchev–Trinajstić information content (AvgIpc) is 3.54. The fourth-order valence-electron chi connectivity index (χ4n) is 3.77. The van der Waals surface area contributed by atoms with E-state index in [9.17, 15) is 0 Å². The van der Waals surface area contributed by atoms with Crippen molar-refractivity contribution in [2.75, 3.05) is 0 Å². The van der Waals surface area contributed by atoms with Crippen LogP contribution in [0.3, 0.4) is 0 Å². The maximum absolute atomic E-state index is 3.46. The van der Waals surface area contributed by atoms with Gasteiger partial charge in [0.2, 0.25) is 0 Å². The number of rotatable bonds is 8. The molecular weight excluding hydrogens is 531 g/mol. The fourth-order valence-corrected chi connectivity index (χ4v) is 3.77. The zero-order chi connectivity index (χ0) is 23.0. The van der Waals surface area contributed by atoms with Gasteiger partial charge in [-0.2, -0.15) is 0 Å². The number of hydrogen-bond donors (Lipinski definition) is 0. The zero-order valence-electron chi connectivity index (χ0n) is 22.6. The topological polar surface area (TPSA) is 0 Å². The Labute approximate surface area is 248 Å². The Balaban J connectivity index is -0.000000513. The van der Waals surface area contributed by atoms with E-state index in [-0.39, 0.29) is 39.7 Å². The van der Waals surface area contributed by atoms with Gasteiger partial charge in [-0.1, -0.05) is 113 Å². The van der Waals surface area contributed by atoms with Crippen molar-refractivity contribution in [3.05, 3.63) is 122 Å². The van der Waals surface area contributed by atoms with Gasteiger partial charge in [-0.15, -0.1) is 48.8 Å². The van der Waals surface area contributed by atoms with Crippen LogP contribution in [-0.2, 0) is 19.2 Å². The van der Waals surface area contributed by atoms with Gasteiger partial charge in [0.05, 0.1) is 0 Å². The Morgan fingerprint density at radius 3 is 1.28 bits per heavy atom. The molecule has 0 heterocycles. The third-order valence-electron chi connectivity index (χ3n) is 5.60. The van der Waals surface area contributed by atoms with Gasteiger partial charge in [-0.3, -0.25) is 12.2 Å². The molecule has 2 aliphatic rings. The second-order valence-corrected chi connectivity index (χ2v) is 8.04. The molecule has 0 unspecified atom stereocenters. The molecule has 0 amide bonds. The predicted molar refractivity (Wildman–Crippen MR) is 167 cm³/mol. The van der Waals surface area contributed by atoms with Crippen LogP contribution in [0, 0.1) is 27.0 Å². The van der Waals surface area contributed by atoms with E-state index in [1.54, 1.807) is 0 Å². The van der Waals surface area contributed by atoms with Gasteiger partial charge in [0.25, 0.3) is 0 Å². The standard InChI is InChI=1S/2C15H17.2CH3.2ClH.H2Si.Ti/c2*1-2-3-7-13-10-11-15(12-13)14-8-5-4-6-9-14;;;;;;/h2*4-6,8-9,12H,2-3,7,11H2,1H3;2*1H3;2*1H;1H2;/q4*-1;;;;. The first-order valence-corrected chi connectivity index (χ1v) is 15.9. The molecule has 0 nitrogen and oxygen atoms in total. The molecule has 0 radical (unpaired) electrons. The second-order valence-electron chi connectivity index (χ2n) is 8.04. The van der Waals surface area contributed by atoms with Crippen molar-refractivity contribution < 1.29 is 19.2 Å². The maximum atomic E-state index is 3.46. The fraction of sp³-hybridized carbons (Fsp3) is 0.312. The molecule has 0 saturated carbocycles. The van der Waals surface area contributed by atoms with E-state index in [1.165, 1.54) is 71.9 Å². The number of halogens is 2. The summed E-state index contributed by atoms with van der Waals surface area (Å²) in [4.78, 5) is 0. The van der Waals surface area contributed by atoms with Crippen LogP contribution in [-0.4, -0.2) is 7.63 Å². The van der Waals surface area contributed by atoms with Gasteiger partial charge in [0, 0.05) is 0 Å². The molecule has 0 aliphatic heterocycles. The molecule has 0 atom stereocenters. The Hall–Kier alpha value is -1.09. The van der Waals surface area contributed by atoms with Crippen LogP contribution in [0.5, 0.6) is 0 Å². The molecule has 0 aromatic heterocycles. The van der Waals surface area contributed by atoms with E-state index in [4.69, 9.17) is 0 Å². The number of hydrogen-bond acceptors (Lipinski definition) is 0. The average molecular weight is 576 g/mol. The summed E-state index contributed by atoms with van der Waals surface area (Å²) < 4.78 is 0. The third kappa shape index (κ3) is 14.0. The van der Waals surface area contributed by atoms with Gasteiger partial charge in [0.1, 0.15) is 0 Å². The van der Waals surface area contributed by atoms with Crippen LogP contribution in [0.2, 0.25) is 0 Å². The van der Waals surface area contributed by atoms with Crippen molar-refractivity contribution in [2.24, 2.45) is 0 Å². The Kier molecular flexibility index (Phi) is 26.6. The summed E-state index contributed by atoms with van der Waals surface area (Å²) in [7, 11) is 1.86. The van der Waals surface area contributed by atoms with Crippen molar-refractivity contribution in [1.82, 2.24) is 0 Å². The third-order valence-corrected chi connectivity index (χ3v) is 5.60. The Morgan fingerprint density at radius 1 is 0.639 bits per heavy atom. The summed E-state index contributed by atoms with van der Waals surface area (Å²) in [6.45, 7) is 4.47. The molecule has 4 heteroatoms. The molecule has 0 fully saturated rings. The summed E-state index contributed by atoms with van der Waals surface area (Å²) in [5.74, 6) is 0. The first kappa shape index (κ1) is 39.4. The van der Waals surface area contributed by atoms with E-state index in [2.05, 4.69) is 98.8 Å². The molecule has 0 spiro atoms. The number of benzene rings is 2. The van der Waals surface area contributed by atoms with Gasteiger partial charge in [-0.25, -0.2) is 23.3 Å². The first-order chi connectivity index (χ1) is 15.8. The van der Waals surface area contributed by atoms with Gasteiger partial charge >= 0.3 is 26.8 Å². The summed E-state index contributed by atoms with van der Waals surface area (Å²) in [5.41, 5.74) is 8.32. The van der Waals surface area contributed by atoms with E-state index in [0.717, 1.165) is 12.8 Å². The van der Waals surface area contributed by atoms with Crippen molar-refractivity contribution in [1.29, 1.82) is 0 Å². The van der Waals surface area contributed by atoms with E-state index >= 15 is 0 Å². The van der Waals surface area contributed by atoms with Crippen LogP contribution in [0.15, 0.2) is 84.0 Å². The molecule has 2 aromatic rings. The SMILES string of the molecule is CCCCC1=[C-]CC(c2ccccc2)=C1.CCCCC1=[C-]CC(c2ccccc2)=C1.Cl.Cl.[CH3-].[CH3-].[SiH2]=[Ti]. The molecular formula is C32H44Cl2SiTi-4. The summed E-state index contributed by atoms with van der Waals surface area (Å²) in [6, 6.07) is 21.2. The van der Waals surface area contributed by atoms with E-state index in [0.29, 0.717) is 0 Å². The Morgan fingerprint density at radius 2 is 0.972 bits per heavy atom. The van der Waals surface area contributed by atoms with Gasteiger partial charge in [-0.05, 0) is 11.1 Å². The molecule has 0 saturated heterocycles. The Bertz CT molecular complexity index is 854. The van der Waals surface area contributed by atoms with Crippen LogP contribution in [0.25, 0.3) is 11.1 Å². The summed E-state index contributed by atoms with van der Waals surface area (Å²) in [6.07, 6.45) is 21.0. The monoisotopic (exact) mass is 574 g/mol. The first-order valence-electron chi connectivity index (χ1n) is 11.9. The van der Waals surface area contributed by atoms with Crippen LogP contribution in [0.1, 0.15) is 76.3 Å². The minimum absolute atomic E-state index is 0. The van der Waals surface area contributed by atoms with Crippen molar-refractivity contribution >= 4 is 43.6 Å². The van der Waals surface area contributed by atoms with Gasteiger partial charge < -0.3 is 14.9 Å². The van der Waals surface area contributed by atoms with Gasteiger partial charge in [0.15, 0.2) is 0 Å². The van der Waals surface area contributed by atoms with E-state index in [1.807, 2.05) is 26.8 Å². The van der Waals surface area contributed by atoms with Crippen molar-refractivity contribution in [2.45, 2.75) is 65.2 Å². The molecule has 198 valence electrons. The van der Waals surface area contributed by atoms with Crippen LogP contribution >= 0.6 is 24.8 Å². The molecule has 4 rings (SSSR count). The molecule has 2 aromatic carbocycles. The minimum atomic E-state index is 0. The predicted octanol–water partition coefficient (Wildman–Crippen LogP) is 9.61. The van der Waals surface area contributed by atoms with Crippen LogP contribution in [0.4, 0.5) is 0 Å². The second kappa shape index (κ2) is 24.3. The quantitative estimate of drug-likeness (QED) is 0.217.